The van der Waals surface area contributed by atoms with Crippen LogP contribution < -0.4 is 5.32 Å². The summed E-state index contributed by atoms with van der Waals surface area (Å²) in [6.07, 6.45) is 1.55. The van der Waals surface area contributed by atoms with Crippen LogP contribution in [0.1, 0.15) is 17.8 Å². The Kier molecular flexibility index (Phi) is 3.37. The van der Waals surface area contributed by atoms with E-state index in [2.05, 4.69) is 16.0 Å². The van der Waals surface area contributed by atoms with Crippen molar-refractivity contribution in [2.24, 2.45) is 5.92 Å². The number of anilines is 1. The molecule has 0 bridgehead atoms. The summed E-state index contributed by atoms with van der Waals surface area (Å²) in [5.41, 5.74) is 4.17. The molecule has 1 unspecified atom stereocenters. The Balaban J connectivity index is 1.56. The maximum atomic E-state index is 12.6. The highest BCUT2D eigenvalue weighted by Gasteiger charge is 2.27. The Labute approximate surface area is 135 Å². The van der Waals surface area contributed by atoms with Gasteiger partial charge in [-0.05, 0) is 37.1 Å². The van der Waals surface area contributed by atoms with E-state index in [9.17, 15) is 4.79 Å². The third-order valence-electron chi connectivity index (χ3n) is 4.64. The lowest BCUT2D eigenvalue weighted by atomic mass is 9.96. The summed E-state index contributed by atoms with van der Waals surface area (Å²) >= 11 is 0. The molecule has 0 saturated carbocycles. The van der Waals surface area contributed by atoms with Crippen molar-refractivity contribution in [3.63, 3.8) is 0 Å². The molecule has 1 aliphatic rings. The van der Waals surface area contributed by atoms with E-state index >= 15 is 0 Å². The van der Waals surface area contributed by atoms with E-state index in [0.29, 0.717) is 6.42 Å². The van der Waals surface area contributed by atoms with Crippen LogP contribution in [0.5, 0.6) is 0 Å². The first-order valence-electron chi connectivity index (χ1n) is 8.03. The first-order chi connectivity index (χ1) is 11.2. The molecular formula is C19H19N3O. The first-order valence-corrected chi connectivity index (χ1v) is 8.03. The third kappa shape index (κ3) is 2.50. The molecule has 23 heavy (non-hydrogen) atoms. The number of amides is 1. The molecule has 1 aliphatic heterocycles. The predicted octanol–water partition coefficient (Wildman–Crippen LogP) is 3.55. The molecule has 116 valence electrons. The number of para-hydroxylation sites is 3. The van der Waals surface area contributed by atoms with Crippen LogP contribution in [0.2, 0.25) is 0 Å². The van der Waals surface area contributed by atoms with Crippen LogP contribution in [0.15, 0.2) is 48.5 Å². The van der Waals surface area contributed by atoms with Crippen LogP contribution in [0.3, 0.4) is 0 Å². The van der Waals surface area contributed by atoms with Gasteiger partial charge in [-0.15, -0.1) is 0 Å². The van der Waals surface area contributed by atoms with Crippen LogP contribution in [0.4, 0.5) is 5.69 Å². The second kappa shape index (κ2) is 5.54. The molecule has 0 spiro atoms. The zero-order valence-corrected chi connectivity index (χ0v) is 13.1. The number of benzene rings is 2. The molecule has 1 atom stereocenters. The van der Waals surface area contributed by atoms with Gasteiger partial charge in [-0.25, -0.2) is 4.98 Å². The molecule has 4 rings (SSSR count). The molecule has 1 amide bonds. The van der Waals surface area contributed by atoms with E-state index in [4.69, 9.17) is 4.98 Å². The molecule has 1 aromatic heterocycles. The van der Waals surface area contributed by atoms with Gasteiger partial charge >= 0.3 is 0 Å². The number of imidazole rings is 1. The van der Waals surface area contributed by atoms with Crippen molar-refractivity contribution in [3.05, 3.63) is 59.9 Å². The molecule has 0 saturated heterocycles. The summed E-state index contributed by atoms with van der Waals surface area (Å²) in [4.78, 5) is 17.3. The number of aromatic nitrogens is 2. The summed E-state index contributed by atoms with van der Waals surface area (Å²) in [6.45, 7) is 2.86. The van der Waals surface area contributed by atoms with Gasteiger partial charge in [0.2, 0.25) is 5.91 Å². The van der Waals surface area contributed by atoms with Gasteiger partial charge in [0.05, 0.1) is 11.0 Å². The maximum absolute atomic E-state index is 12.6. The fourth-order valence-electron chi connectivity index (χ4n) is 3.31. The molecule has 4 heteroatoms. The SMILES string of the molecule is Cc1ccccc1NC(=O)C1CCn2c(nc3ccccc32)C1. The minimum atomic E-state index is -0.0149. The van der Waals surface area contributed by atoms with Crippen LogP contribution in [-0.4, -0.2) is 15.5 Å². The quantitative estimate of drug-likeness (QED) is 0.787. The summed E-state index contributed by atoms with van der Waals surface area (Å²) in [5.74, 6) is 1.10. The van der Waals surface area contributed by atoms with Gasteiger partial charge in [0, 0.05) is 24.6 Å². The third-order valence-corrected chi connectivity index (χ3v) is 4.64. The van der Waals surface area contributed by atoms with Gasteiger partial charge in [0.15, 0.2) is 0 Å². The minimum Gasteiger partial charge on any atom is -0.328 e. The Morgan fingerprint density at radius 1 is 1.17 bits per heavy atom. The lowest BCUT2D eigenvalue weighted by Gasteiger charge is -2.23. The Hall–Kier alpha value is -2.62. The zero-order valence-electron chi connectivity index (χ0n) is 13.1. The highest BCUT2D eigenvalue weighted by Crippen LogP contribution is 2.26. The molecule has 2 heterocycles. The topological polar surface area (TPSA) is 46.9 Å². The van der Waals surface area contributed by atoms with Gasteiger partial charge < -0.3 is 9.88 Å². The lowest BCUT2D eigenvalue weighted by molar-refractivity contribution is -0.120. The highest BCUT2D eigenvalue weighted by atomic mass is 16.1. The smallest absolute Gasteiger partial charge is 0.228 e. The first kappa shape index (κ1) is 14.0. The molecule has 0 radical (unpaired) electrons. The zero-order chi connectivity index (χ0) is 15.8. The van der Waals surface area contributed by atoms with Crippen molar-refractivity contribution < 1.29 is 4.79 Å². The Morgan fingerprint density at radius 3 is 2.83 bits per heavy atom. The Bertz CT molecular complexity index is 881. The molecule has 4 nitrogen and oxygen atoms in total. The second-order valence-corrected chi connectivity index (χ2v) is 6.16. The van der Waals surface area contributed by atoms with Crippen molar-refractivity contribution in [2.75, 3.05) is 5.32 Å². The largest absolute Gasteiger partial charge is 0.328 e. The second-order valence-electron chi connectivity index (χ2n) is 6.16. The summed E-state index contributed by atoms with van der Waals surface area (Å²) < 4.78 is 2.24. The molecular weight excluding hydrogens is 286 g/mol. The molecule has 0 aliphatic carbocycles. The summed E-state index contributed by atoms with van der Waals surface area (Å²) in [7, 11) is 0. The van der Waals surface area contributed by atoms with Crippen molar-refractivity contribution in [2.45, 2.75) is 26.3 Å². The number of carbonyl (C=O) groups is 1. The normalized spacial score (nSPS) is 17.0. The molecule has 1 N–H and O–H groups in total. The molecule has 2 aromatic carbocycles. The van der Waals surface area contributed by atoms with E-state index in [1.807, 2.05) is 49.4 Å². The van der Waals surface area contributed by atoms with Crippen molar-refractivity contribution >= 4 is 22.6 Å². The van der Waals surface area contributed by atoms with E-state index in [1.54, 1.807) is 0 Å². The Morgan fingerprint density at radius 2 is 1.96 bits per heavy atom. The van der Waals surface area contributed by atoms with Gasteiger partial charge in [-0.3, -0.25) is 4.79 Å². The summed E-state index contributed by atoms with van der Waals surface area (Å²) in [5, 5.41) is 3.07. The van der Waals surface area contributed by atoms with Crippen LogP contribution in [0.25, 0.3) is 11.0 Å². The van der Waals surface area contributed by atoms with E-state index in [-0.39, 0.29) is 11.8 Å². The highest BCUT2D eigenvalue weighted by molar-refractivity contribution is 5.93. The number of rotatable bonds is 2. The van der Waals surface area contributed by atoms with Crippen molar-refractivity contribution in [1.82, 2.24) is 9.55 Å². The lowest BCUT2D eigenvalue weighted by Crippen LogP contribution is -2.30. The summed E-state index contributed by atoms with van der Waals surface area (Å²) in [6, 6.07) is 16.1. The fraction of sp³-hybridized carbons (Fsp3) is 0.263. The molecule has 3 aromatic rings. The van der Waals surface area contributed by atoms with E-state index in [0.717, 1.165) is 35.6 Å². The van der Waals surface area contributed by atoms with E-state index < -0.39 is 0 Å². The van der Waals surface area contributed by atoms with Gasteiger partial charge in [0.25, 0.3) is 0 Å². The number of hydrogen-bond acceptors (Lipinski definition) is 2. The minimum absolute atomic E-state index is 0.0149. The van der Waals surface area contributed by atoms with Crippen molar-refractivity contribution in [1.29, 1.82) is 0 Å². The van der Waals surface area contributed by atoms with Crippen LogP contribution in [-0.2, 0) is 17.8 Å². The maximum Gasteiger partial charge on any atom is 0.228 e. The standard InChI is InChI=1S/C19H19N3O/c1-13-6-2-3-7-15(13)21-19(23)14-10-11-22-17-9-5-4-8-16(17)20-18(22)12-14/h2-9,14H,10-12H2,1H3,(H,21,23). The number of carbonyl (C=O) groups excluding carboxylic acids is 1. The van der Waals surface area contributed by atoms with Gasteiger partial charge in [-0.2, -0.15) is 0 Å². The van der Waals surface area contributed by atoms with Crippen LogP contribution >= 0.6 is 0 Å². The predicted molar refractivity (Wildman–Crippen MR) is 91.4 cm³/mol. The van der Waals surface area contributed by atoms with Gasteiger partial charge in [-0.1, -0.05) is 30.3 Å². The number of fused-ring (bicyclic) bond motifs is 3. The number of nitrogens with one attached hydrogen (secondary N) is 1. The van der Waals surface area contributed by atoms with Crippen LogP contribution in [0, 0.1) is 12.8 Å². The molecule has 0 fully saturated rings. The fourth-order valence-corrected chi connectivity index (χ4v) is 3.31. The monoisotopic (exact) mass is 305 g/mol. The average Bonchev–Trinajstić information content (AvgIpc) is 2.94. The van der Waals surface area contributed by atoms with E-state index in [1.165, 1.54) is 5.52 Å². The van der Waals surface area contributed by atoms with Gasteiger partial charge in [0.1, 0.15) is 5.82 Å². The number of hydrogen-bond donors (Lipinski definition) is 1. The average molecular weight is 305 g/mol. The number of nitrogens with zero attached hydrogens (tertiary/aromatic N) is 2. The van der Waals surface area contributed by atoms with Crippen molar-refractivity contribution in [3.8, 4) is 0 Å². The number of aryl methyl sites for hydroxylation is 2.